The summed E-state index contributed by atoms with van der Waals surface area (Å²) in [5.41, 5.74) is 0.154. The van der Waals surface area contributed by atoms with Crippen LogP contribution in [0.1, 0.15) is 10.6 Å². The van der Waals surface area contributed by atoms with Gasteiger partial charge in [-0.3, -0.25) is 9.59 Å². The summed E-state index contributed by atoms with van der Waals surface area (Å²) in [6.45, 7) is -0.526. The smallest absolute Gasteiger partial charge is 0.463 e. The fourth-order valence-electron chi connectivity index (χ4n) is 3.73. The Morgan fingerprint density at radius 1 is 1.14 bits per heavy atom. The number of halogens is 3. The van der Waals surface area contributed by atoms with Gasteiger partial charge in [0.05, 0.1) is 12.5 Å². The summed E-state index contributed by atoms with van der Waals surface area (Å²) in [5, 5.41) is 4.69. The first-order chi connectivity index (χ1) is 17.6. The highest BCUT2D eigenvalue weighted by Crippen LogP contribution is 2.42. The second-order valence-electron chi connectivity index (χ2n) is 7.92. The molecule has 0 bridgehead atoms. The molecule has 3 heterocycles. The van der Waals surface area contributed by atoms with E-state index in [4.69, 9.17) is 16.0 Å². The van der Waals surface area contributed by atoms with Gasteiger partial charge in [0.2, 0.25) is 11.7 Å². The number of nitrogens with zero attached hydrogens (tertiary/aromatic N) is 3. The Bertz CT molecular complexity index is 1630. The number of amides is 1. The summed E-state index contributed by atoms with van der Waals surface area (Å²) in [7, 11) is 2.56. The molecule has 37 heavy (non-hydrogen) atoms. The highest BCUT2D eigenvalue weighted by molar-refractivity contribution is 6.30. The third kappa shape index (κ3) is 4.47. The van der Waals surface area contributed by atoms with E-state index in [1.165, 1.54) is 31.3 Å². The maximum Gasteiger partial charge on any atom is 0.586 e. The van der Waals surface area contributed by atoms with E-state index in [1.54, 1.807) is 24.3 Å². The van der Waals surface area contributed by atoms with Crippen molar-refractivity contribution in [2.24, 2.45) is 0 Å². The Morgan fingerprint density at radius 2 is 1.89 bits per heavy atom. The van der Waals surface area contributed by atoms with E-state index in [-0.39, 0.29) is 39.6 Å². The molecule has 1 aliphatic rings. The SMILES string of the molecule is COC(=O)c1cc2c(=O)n(CC(=O)N(C)c3ccc4c(c3)OC(F)(F)O4)nc(-c3cccc(Cl)c3)c2o1. The number of benzene rings is 2. The van der Waals surface area contributed by atoms with Gasteiger partial charge in [0.1, 0.15) is 12.2 Å². The Kier molecular flexibility index (Phi) is 5.83. The quantitative estimate of drug-likeness (QED) is 0.354. The third-order valence-electron chi connectivity index (χ3n) is 5.55. The van der Waals surface area contributed by atoms with E-state index in [0.29, 0.717) is 10.6 Å². The minimum atomic E-state index is -3.80. The van der Waals surface area contributed by atoms with Crippen LogP contribution in [0.25, 0.3) is 22.2 Å². The number of furan rings is 1. The van der Waals surface area contributed by atoms with Crippen molar-refractivity contribution < 1.29 is 37.0 Å². The fourth-order valence-corrected chi connectivity index (χ4v) is 3.92. The Labute approximate surface area is 211 Å². The number of hydrogen-bond acceptors (Lipinski definition) is 8. The lowest BCUT2D eigenvalue weighted by Gasteiger charge is -2.18. The summed E-state index contributed by atoms with van der Waals surface area (Å²) in [4.78, 5) is 39.5. The number of fused-ring (bicyclic) bond motifs is 2. The summed E-state index contributed by atoms with van der Waals surface area (Å²) in [5.74, 6) is -2.05. The van der Waals surface area contributed by atoms with Crippen molar-refractivity contribution in [3.8, 4) is 22.8 Å². The molecule has 2 aromatic heterocycles. The number of aromatic nitrogens is 2. The molecule has 1 aliphatic heterocycles. The van der Waals surface area contributed by atoms with Crippen molar-refractivity contribution in [3.63, 3.8) is 0 Å². The summed E-state index contributed by atoms with van der Waals surface area (Å²) in [6.07, 6.45) is -3.80. The molecule has 1 amide bonds. The van der Waals surface area contributed by atoms with Crippen LogP contribution < -0.4 is 19.9 Å². The predicted molar refractivity (Wildman–Crippen MR) is 126 cm³/mol. The number of hydrogen-bond donors (Lipinski definition) is 0. The van der Waals surface area contributed by atoms with Gasteiger partial charge in [-0.15, -0.1) is 8.78 Å². The molecule has 0 saturated carbocycles. The lowest BCUT2D eigenvalue weighted by Crippen LogP contribution is -2.35. The molecule has 0 atom stereocenters. The number of anilines is 1. The van der Waals surface area contributed by atoms with Crippen molar-refractivity contribution >= 4 is 40.1 Å². The van der Waals surface area contributed by atoms with Crippen molar-refractivity contribution in [2.75, 3.05) is 19.1 Å². The molecule has 0 aliphatic carbocycles. The molecule has 5 rings (SSSR count). The zero-order valence-electron chi connectivity index (χ0n) is 19.2. The zero-order chi connectivity index (χ0) is 26.5. The number of carbonyl (C=O) groups excluding carboxylic acids is 2. The van der Waals surface area contributed by atoms with Crippen LogP contribution in [0, 0.1) is 0 Å². The monoisotopic (exact) mass is 531 g/mol. The van der Waals surface area contributed by atoms with E-state index in [9.17, 15) is 23.2 Å². The summed E-state index contributed by atoms with van der Waals surface area (Å²) >= 11 is 6.12. The van der Waals surface area contributed by atoms with E-state index >= 15 is 0 Å². The molecular weight excluding hydrogens is 516 g/mol. The maximum atomic E-state index is 13.3. The predicted octanol–water partition coefficient (Wildman–Crippen LogP) is 4.08. The van der Waals surface area contributed by atoms with Gasteiger partial charge in [0.25, 0.3) is 5.56 Å². The highest BCUT2D eigenvalue weighted by atomic mass is 35.5. The van der Waals surface area contributed by atoms with Crippen molar-refractivity contribution in [1.29, 1.82) is 0 Å². The highest BCUT2D eigenvalue weighted by Gasteiger charge is 2.43. The molecule has 0 N–H and O–H groups in total. The topological polar surface area (TPSA) is 113 Å². The van der Waals surface area contributed by atoms with Crippen molar-refractivity contribution in [3.05, 3.63) is 69.7 Å². The molecule has 13 heteroatoms. The van der Waals surface area contributed by atoms with Gasteiger partial charge in [-0.25, -0.2) is 9.48 Å². The third-order valence-corrected chi connectivity index (χ3v) is 5.78. The first-order valence-corrected chi connectivity index (χ1v) is 11.0. The Hall–Kier alpha value is -4.45. The van der Waals surface area contributed by atoms with E-state index < -0.39 is 30.3 Å². The maximum absolute atomic E-state index is 13.3. The first-order valence-electron chi connectivity index (χ1n) is 10.6. The number of alkyl halides is 2. The van der Waals surface area contributed by atoms with Gasteiger partial charge in [-0.1, -0.05) is 23.7 Å². The molecular formula is C24H16ClF2N3O7. The van der Waals surface area contributed by atoms with Crippen LogP contribution in [-0.2, 0) is 16.1 Å². The van der Waals surface area contributed by atoms with Crippen molar-refractivity contribution in [2.45, 2.75) is 12.8 Å². The normalized spacial score (nSPS) is 13.5. The minimum Gasteiger partial charge on any atom is -0.463 e. The van der Waals surface area contributed by atoms with Crippen LogP contribution in [0.5, 0.6) is 11.5 Å². The second kappa shape index (κ2) is 8.89. The van der Waals surface area contributed by atoms with E-state index in [2.05, 4.69) is 19.3 Å². The number of methoxy groups -OCH3 is 1. The van der Waals surface area contributed by atoms with E-state index in [0.717, 1.165) is 16.7 Å². The van der Waals surface area contributed by atoms with Gasteiger partial charge in [-0.2, -0.15) is 5.10 Å². The minimum absolute atomic E-state index is 0.00820. The molecule has 0 saturated heterocycles. The number of ether oxygens (including phenoxy) is 3. The molecule has 0 fully saturated rings. The van der Waals surface area contributed by atoms with E-state index in [1.807, 2.05) is 0 Å². The number of carbonyl (C=O) groups is 2. The fraction of sp³-hybridized carbons (Fsp3) is 0.167. The van der Waals surface area contributed by atoms with Gasteiger partial charge in [-0.05, 0) is 24.3 Å². The molecule has 0 unspecified atom stereocenters. The molecule has 4 aromatic rings. The summed E-state index contributed by atoms with van der Waals surface area (Å²) < 4.78 is 46.7. The van der Waals surface area contributed by atoms with Gasteiger partial charge >= 0.3 is 12.3 Å². The van der Waals surface area contributed by atoms with Crippen LogP contribution in [0.4, 0.5) is 14.5 Å². The molecule has 10 nitrogen and oxygen atoms in total. The largest absolute Gasteiger partial charge is 0.586 e. The first kappa shape index (κ1) is 24.3. The van der Waals surface area contributed by atoms with Gasteiger partial charge < -0.3 is 23.5 Å². The lowest BCUT2D eigenvalue weighted by atomic mass is 10.1. The average molecular weight is 532 g/mol. The zero-order valence-corrected chi connectivity index (χ0v) is 19.9. The Balaban J connectivity index is 1.53. The van der Waals surface area contributed by atoms with Crippen LogP contribution >= 0.6 is 11.6 Å². The molecule has 190 valence electrons. The summed E-state index contributed by atoms with van der Waals surface area (Å²) in [6, 6.07) is 11.6. The average Bonchev–Trinajstić information content (AvgIpc) is 3.44. The number of rotatable bonds is 5. The molecule has 0 spiro atoms. The van der Waals surface area contributed by atoms with Gasteiger partial charge in [0.15, 0.2) is 17.1 Å². The standard InChI is InChI=1S/C24H16ClF2N3O7/c1-29(14-6-7-16-17(9-14)37-24(26,27)36-16)19(31)11-30-22(32)15-10-18(23(33)34-2)35-21(15)20(28-30)12-4-3-5-13(25)8-12/h3-10H,11H2,1-2H3. The van der Waals surface area contributed by atoms with Crippen molar-refractivity contribution in [1.82, 2.24) is 9.78 Å². The Morgan fingerprint density at radius 3 is 2.62 bits per heavy atom. The van der Waals surface area contributed by atoms with Crippen LogP contribution in [-0.4, -0.2) is 42.1 Å². The second-order valence-corrected chi connectivity index (χ2v) is 8.35. The molecule has 0 radical (unpaired) electrons. The molecule has 2 aromatic carbocycles. The lowest BCUT2D eigenvalue weighted by molar-refractivity contribution is -0.286. The van der Waals surface area contributed by atoms with Crippen LogP contribution in [0.2, 0.25) is 5.02 Å². The number of likely N-dealkylation sites (N-methyl/N-ethyl adjacent to an activating group) is 1. The number of esters is 1. The van der Waals surface area contributed by atoms with Crippen LogP contribution in [0.3, 0.4) is 0 Å². The van der Waals surface area contributed by atoms with Crippen LogP contribution in [0.15, 0.2) is 57.7 Å². The van der Waals surface area contributed by atoms with Gasteiger partial charge in [0, 0.05) is 35.5 Å².